The van der Waals surface area contributed by atoms with Crippen molar-refractivity contribution >= 4 is 5.97 Å². The topological polar surface area (TPSA) is 109 Å². The van der Waals surface area contributed by atoms with Crippen LogP contribution in [0.2, 0.25) is 0 Å². The predicted molar refractivity (Wildman–Crippen MR) is 91.2 cm³/mol. The molecule has 0 aliphatic heterocycles. The summed E-state index contributed by atoms with van der Waals surface area (Å²) < 4.78 is 17.6. The third kappa shape index (κ3) is 2.90. The number of hydrogen-bond acceptors (Lipinski definition) is 7. The number of ether oxygens (including phenoxy) is 3. The van der Waals surface area contributed by atoms with Crippen molar-refractivity contribution in [1.29, 1.82) is 0 Å². The van der Waals surface area contributed by atoms with E-state index in [4.69, 9.17) is 14.2 Å². The minimum atomic E-state index is -1.16. The van der Waals surface area contributed by atoms with Gasteiger partial charge in [-0.2, -0.15) is 0 Å². The third-order valence-corrected chi connectivity index (χ3v) is 3.73. The molecule has 0 radical (unpaired) electrons. The van der Waals surface area contributed by atoms with Crippen LogP contribution in [0.3, 0.4) is 0 Å². The molecule has 1 aromatic carbocycles. The van der Waals surface area contributed by atoms with E-state index < -0.39 is 5.97 Å². The summed E-state index contributed by atoms with van der Waals surface area (Å²) >= 11 is 0. The molecule has 0 amide bonds. The van der Waals surface area contributed by atoms with E-state index >= 15 is 0 Å². The van der Waals surface area contributed by atoms with Gasteiger partial charge >= 0.3 is 5.97 Å². The highest BCUT2D eigenvalue weighted by molar-refractivity contribution is 5.95. The number of rotatable bonds is 6. The van der Waals surface area contributed by atoms with Gasteiger partial charge in [0.1, 0.15) is 11.9 Å². The number of hydrogen-bond donors (Lipinski definition) is 1. The van der Waals surface area contributed by atoms with Gasteiger partial charge in [0.25, 0.3) is 0 Å². The van der Waals surface area contributed by atoms with Crippen LogP contribution in [0.25, 0.3) is 17.1 Å². The molecule has 0 spiro atoms. The summed E-state index contributed by atoms with van der Waals surface area (Å²) in [4.78, 5) is 15.6. The van der Waals surface area contributed by atoms with E-state index in [9.17, 15) is 9.90 Å². The van der Waals surface area contributed by atoms with Gasteiger partial charge in [0, 0.05) is 18.0 Å². The molecule has 0 bridgehead atoms. The second kappa shape index (κ2) is 7.09. The van der Waals surface area contributed by atoms with Crippen molar-refractivity contribution in [2.75, 3.05) is 21.3 Å². The number of carboxylic acid groups (broad SMARTS) is 1. The summed E-state index contributed by atoms with van der Waals surface area (Å²) in [6.45, 7) is 0. The summed E-state index contributed by atoms with van der Waals surface area (Å²) in [7, 11) is 4.22. The normalized spacial score (nSPS) is 10.4. The van der Waals surface area contributed by atoms with Crippen molar-refractivity contribution in [3.63, 3.8) is 0 Å². The zero-order valence-electron chi connectivity index (χ0n) is 14.3. The average Bonchev–Trinajstić information content (AvgIpc) is 3.20. The van der Waals surface area contributed by atoms with Crippen LogP contribution in [0, 0.1) is 0 Å². The van der Waals surface area contributed by atoms with Crippen LogP contribution in [0.15, 0.2) is 36.9 Å². The van der Waals surface area contributed by atoms with Crippen molar-refractivity contribution in [3.8, 4) is 34.3 Å². The maximum absolute atomic E-state index is 11.6. The number of aromatic nitrogens is 4. The molecule has 1 N–H and O–H groups in total. The fourth-order valence-electron chi connectivity index (χ4n) is 2.56. The number of carboxylic acids is 1. The van der Waals surface area contributed by atoms with Gasteiger partial charge in [-0.15, -0.1) is 10.2 Å². The Hall–Kier alpha value is -3.62. The Morgan fingerprint density at radius 2 is 1.77 bits per heavy atom. The summed E-state index contributed by atoms with van der Waals surface area (Å²) in [6, 6.07) is 4.86. The Bertz CT molecular complexity index is 923. The number of aromatic carboxylic acids is 1. The Balaban J connectivity index is 2.17. The third-order valence-electron chi connectivity index (χ3n) is 3.73. The highest BCUT2D eigenvalue weighted by atomic mass is 16.5. The van der Waals surface area contributed by atoms with Gasteiger partial charge in [-0.3, -0.25) is 4.57 Å². The predicted octanol–water partition coefficient (Wildman–Crippen LogP) is 2.05. The number of carbonyl (C=O) groups is 1. The Labute approximate surface area is 148 Å². The molecule has 26 heavy (non-hydrogen) atoms. The van der Waals surface area contributed by atoms with Gasteiger partial charge in [0.2, 0.25) is 5.75 Å². The lowest BCUT2D eigenvalue weighted by Crippen LogP contribution is -2.06. The number of imidazole rings is 1. The first-order valence-corrected chi connectivity index (χ1v) is 7.49. The largest absolute Gasteiger partial charge is 0.492 e. The zero-order valence-corrected chi connectivity index (χ0v) is 14.3. The molecule has 0 atom stereocenters. The summed E-state index contributed by atoms with van der Waals surface area (Å²) in [5.74, 6) is -0.0378. The minimum absolute atomic E-state index is 0.0689. The Morgan fingerprint density at radius 1 is 1.04 bits per heavy atom. The molecule has 3 rings (SSSR count). The van der Waals surface area contributed by atoms with Crippen LogP contribution >= 0.6 is 0 Å². The number of methoxy groups -OCH3 is 3. The smallest absolute Gasteiger partial charge is 0.339 e. The molecule has 2 heterocycles. The zero-order chi connectivity index (χ0) is 18.7. The van der Waals surface area contributed by atoms with E-state index in [-0.39, 0.29) is 17.1 Å². The molecular weight excluding hydrogens is 340 g/mol. The minimum Gasteiger partial charge on any atom is -0.492 e. The van der Waals surface area contributed by atoms with Crippen LogP contribution in [0.4, 0.5) is 0 Å². The van der Waals surface area contributed by atoms with Crippen molar-refractivity contribution in [3.05, 3.63) is 42.5 Å². The lowest BCUT2D eigenvalue weighted by atomic mass is 10.0. The molecule has 9 nitrogen and oxygen atoms in total. The van der Waals surface area contributed by atoms with Gasteiger partial charge in [0.15, 0.2) is 17.3 Å². The molecule has 0 unspecified atom stereocenters. The summed E-state index contributed by atoms with van der Waals surface area (Å²) in [6.07, 6.45) is 4.97. The standard InChI is InChI=1S/C17H16N4O5/c1-24-14-10(8-11(17(22)23)15(25-2)16(14)26-3)12-4-5-13(20-19-12)21-7-6-18-9-21/h4-9H,1-3H3,(H,22,23). The molecule has 3 aromatic rings. The molecule has 0 aliphatic carbocycles. The molecule has 0 fully saturated rings. The van der Waals surface area contributed by atoms with Crippen molar-refractivity contribution < 1.29 is 24.1 Å². The monoisotopic (exact) mass is 356 g/mol. The van der Waals surface area contributed by atoms with Gasteiger partial charge in [0.05, 0.1) is 27.0 Å². The molecule has 0 aliphatic rings. The first-order valence-electron chi connectivity index (χ1n) is 7.49. The first kappa shape index (κ1) is 17.2. The Morgan fingerprint density at radius 3 is 2.27 bits per heavy atom. The lowest BCUT2D eigenvalue weighted by Gasteiger charge is -2.17. The first-order chi connectivity index (χ1) is 12.6. The summed E-state index contributed by atoms with van der Waals surface area (Å²) in [5.41, 5.74) is 0.780. The van der Waals surface area contributed by atoms with E-state index in [1.807, 2.05) is 0 Å². The second-order valence-electron chi connectivity index (χ2n) is 5.12. The van der Waals surface area contributed by atoms with Crippen LogP contribution in [0.1, 0.15) is 10.4 Å². The van der Waals surface area contributed by atoms with Gasteiger partial charge in [-0.1, -0.05) is 0 Å². The fourth-order valence-corrected chi connectivity index (χ4v) is 2.56. The van der Waals surface area contributed by atoms with Crippen LogP contribution in [-0.4, -0.2) is 52.2 Å². The molecule has 2 aromatic heterocycles. The molecule has 134 valence electrons. The molecule has 0 saturated heterocycles. The van der Waals surface area contributed by atoms with E-state index in [0.29, 0.717) is 22.8 Å². The van der Waals surface area contributed by atoms with E-state index in [2.05, 4.69) is 15.2 Å². The fraction of sp³-hybridized carbons (Fsp3) is 0.176. The van der Waals surface area contributed by atoms with Crippen LogP contribution in [0.5, 0.6) is 17.2 Å². The highest BCUT2D eigenvalue weighted by Crippen LogP contribution is 2.46. The quantitative estimate of drug-likeness (QED) is 0.715. The number of benzene rings is 1. The van der Waals surface area contributed by atoms with Crippen molar-refractivity contribution in [2.45, 2.75) is 0 Å². The van der Waals surface area contributed by atoms with E-state index in [1.54, 1.807) is 35.4 Å². The molecule has 0 saturated carbocycles. The van der Waals surface area contributed by atoms with Crippen molar-refractivity contribution in [1.82, 2.24) is 19.7 Å². The average molecular weight is 356 g/mol. The molecular formula is C17H16N4O5. The van der Waals surface area contributed by atoms with Crippen LogP contribution in [-0.2, 0) is 0 Å². The van der Waals surface area contributed by atoms with E-state index in [0.717, 1.165) is 0 Å². The van der Waals surface area contributed by atoms with E-state index in [1.165, 1.54) is 27.4 Å². The summed E-state index contributed by atoms with van der Waals surface area (Å²) in [5, 5.41) is 17.8. The van der Waals surface area contributed by atoms with Gasteiger partial charge in [-0.25, -0.2) is 9.78 Å². The maximum atomic E-state index is 11.6. The highest BCUT2D eigenvalue weighted by Gasteiger charge is 2.25. The maximum Gasteiger partial charge on any atom is 0.339 e. The van der Waals surface area contributed by atoms with Gasteiger partial charge in [-0.05, 0) is 18.2 Å². The SMILES string of the molecule is COc1c(C(=O)O)cc(-c2ccc(-n3ccnc3)nn2)c(OC)c1OC. The number of nitrogens with zero attached hydrogens (tertiary/aromatic N) is 4. The second-order valence-corrected chi connectivity index (χ2v) is 5.12. The van der Waals surface area contributed by atoms with Crippen molar-refractivity contribution in [2.24, 2.45) is 0 Å². The van der Waals surface area contributed by atoms with Crippen LogP contribution < -0.4 is 14.2 Å². The Kier molecular flexibility index (Phi) is 4.70. The lowest BCUT2D eigenvalue weighted by molar-refractivity contribution is 0.0692. The molecule has 9 heteroatoms. The van der Waals surface area contributed by atoms with Gasteiger partial charge < -0.3 is 19.3 Å².